The van der Waals surface area contributed by atoms with Gasteiger partial charge in [-0.2, -0.15) is 5.10 Å². The number of hydrogen-bond acceptors (Lipinski definition) is 5. The number of nitrogens with one attached hydrogen (secondary N) is 1. The lowest BCUT2D eigenvalue weighted by atomic mass is 9.82. The van der Waals surface area contributed by atoms with Gasteiger partial charge in [-0.3, -0.25) is 9.58 Å². The van der Waals surface area contributed by atoms with Gasteiger partial charge in [-0.25, -0.2) is 0 Å². The summed E-state index contributed by atoms with van der Waals surface area (Å²) < 4.78 is 14.1. The van der Waals surface area contributed by atoms with Crippen LogP contribution in [0.3, 0.4) is 0 Å². The summed E-state index contributed by atoms with van der Waals surface area (Å²) in [5, 5.41) is 7.83. The number of nitrogens with zero attached hydrogens (tertiary/aromatic N) is 3. The zero-order chi connectivity index (χ0) is 15.8. The van der Waals surface area contributed by atoms with Gasteiger partial charge >= 0.3 is 7.12 Å². The van der Waals surface area contributed by atoms with Crippen molar-refractivity contribution in [1.82, 2.24) is 20.0 Å². The van der Waals surface area contributed by atoms with Crippen molar-refractivity contribution in [1.29, 1.82) is 0 Å². The SMILES string of the molecule is CC1(C)OB(c2cnn(CCN3CCNCC3)c2)OC1(C)C. The molecule has 0 saturated carbocycles. The van der Waals surface area contributed by atoms with Crippen molar-refractivity contribution in [2.24, 2.45) is 0 Å². The van der Waals surface area contributed by atoms with Gasteiger partial charge in [-0.1, -0.05) is 0 Å². The van der Waals surface area contributed by atoms with Gasteiger partial charge in [0.05, 0.1) is 17.7 Å². The minimum atomic E-state index is -0.321. The largest absolute Gasteiger partial charge is 0.498 e. The molecule has 0 atom stereocenters. The quantitative estimate of drug-likeness (QED) is 0.799. The summed E-state index contributed by atoms with van der Waals surface area (Å²) in [4.78, 5) is 2.46. The van der Waals surface area contributed by atoms with Crippen LogP contribution in [0.1, 0.15) is 27.7 Å². The molecular formula is C15H27BN4O2. The minimum absolute atomic E-state index is 0.305. The molecule has 7 heteroatoms. The van der Waals surface area contributed by atoms with E-state index in [0.717, 1.165) is 44.7 Å². The van der Waals surface area contributed by atoms with E-state index in [0.29, 0.717) is 0 Å². The summed E-state index contributed by atoms with van der Waals surface area (Å²) in [6.45, 7) is 14.6. The summed E-state index contributed by atoms with van der Waals surface area (Å²) in [6, 6.07) is 0. The number of aromatic nitrogens is 2. The Bertz CT molecular complexity index is 495. The van der Waals surface area contributed by atoms with E-state index < -0.39 is 0 Å². The molecule has 2 saturated heterocycles. The molecule has 1 N–H and O–H groups in total. The normalized spacial score (nSPS) is 24.8. The predicted octanol–water partition coefficient (Wildman–Crippen LogP) is 0.0875. The Kier molecular flexibility index (Phi) is 4.33. The van der Waals surface area contributed by atoms with Gasteiger partial charge in [0.15, 0.2) is 0 Å². The van der Waals surface area contributed by atoms with Crippen LogP contribution in [0.4, 0.5) is 0 Å². The molecule has 0 aliphatic carbocycles. The molecule has 22 heavy (non-hydrogen) atoms. The van der Waals surface area contributed by atoms with Crippen molar-refractivity contribution in [3.8, 4) is 0 Å². The lowest BCUT2D eigenvalue weighted by molar-refractivity contribution is 0.00578. The van der Waals surface area contributed by atoms with E-state index in [1.807, 2.05) is 17.1 Å². The summed E-state index contributed by atoms with van der Waals surface area (Å²) in [7, 11) is -0.321. The Balaban J connectivity index is 1.57. The number of piperazine rings is 1. The molecule has 3 heterocycles. The zero-order valence-corrected chi connectivity index (χ0v) is 14.1. The highest BCUT2D eigenvalue weighted by molar-refractivity contribution is 6.61. The summed E-state index contributed by atoms with van der Waals surface area (Å²) in [5.41, 5.74) is 0.389. The van der Waals surface area contributed by atoms with Crippen LogP contribution in [-0.4, -0.2) is 65.7 Å². The Labute approximate surface area is 133 Å². The number of hydrogen-bond donors (Lipinski definition) is 1. The van der Waals surface area contributed by atoms with Crippen LogP contribution in [0.25, 0.3) is 0 Å². The first kappa shape index (κ1) is 16.0. The maximum atomic E-state index is 6.06. The van der Waals surface area contributed by atoms with Crippen LogP contribution in [0, 0.1) is 0 Å². The highest BCUT2D eigenvalue weighted by Crippen LogP contribution is 2.36. The molecule has 1 aromatic rings. The van der Waals surface area contributed by atoms with Gasteiger partial charge in [0.1, 0.15) is 0 Å². The van der Waals surface area contributed by atoms with Gasteiger partial charge < -0.3 is 14.6 Å². The zero-order valence-electron chi connectivity index (χ0n) is 14.1. The topological polar surface area (TPSA) is 51.5 Å². The molecule has 0 amide bonds. The van der Waals surface area contributed by atoms with Crippen molar-refractivity contribution < 1.29 is 9.31 Å². The van der Waals surface area contributed by atoms with E-state index in [1.165, 1.54) is 0 Å². The van der Waals surface area contributed by atoms with Crippen LogP contribution in [-0.2, 0) is 15.9 Å². The van der Waals surface area contributed by atoms with Crippen LogP contribution in [0.5, 0.6) is 0 Å². The fourth-order valence-electron chi connectivity index (χ4n) is 2.78. The van der Waals surface area contributed by atoms with Gasteiger partial charge in [0, 0.05) is 50.6 Å². The molecule has 2 fully saturated rings. The molecule has 0 spiro atoms. The van der Waals surface area contributed by atoms with Gasteiger partial charge in [0.25, 0.3) is 0 Å². The second kappa shape index (κ2) is 5.96. The molecular weight excluding hydrogens is 279 g/mol. The second-order valence-electron chi connectivity index (χ2n) is 7.22. The third-order valence-electron chi connectivity index (χ3n) is 5.03. The molecule has 0 bridgehead atoms. The molecule has 0 unspecified atom stereocenters. The van der Waals surface area contributed by atoms with E-state index >= 15 is 0 Å². The van der Waals surface area contributed by atoms with Crippen LogP contribution in [0.15, 0.2) is 12.4 Å². The fraction of sp³-hybridized carbons (Fsp3) is 0.800. The number of rotatable bonds is 4. The molecule has 2 aliphatic heterocycles. The van der Waals surface area contributed by atoms with E-state index in [9.17, 15) is 0 Å². The lowest BCUT2D eigenvalue weighted by Crippen LogP contribution is -2.44. The van der Waals surface area contributed by atoms with E-state index in [4.69, 9.17) is 9.31 Å². The molecule has 0 radical (unpaired) electrons. The molecule has 2 aliphatic rings. The molecule has 6 nitrogen and oxygen atoms in total. The molecule has 122 valence electrons. The summed E-state index contributed by atoms with van der Waals surface area (Å²) >= 11 is 0. The van der Waals surface area contributed by atoms with Crippen LogP contribution >= 0.6 is 0 Å². The first-order valence-corrected chi connectivity index (χ1v) is 8.18. The predicted molar refractivity (Wildman–Crippen MR) is 87.3 cm³/mol. The third kappa shape index (κ3) is 3.22. The lowest BCUT2D eigenvalue weighted by Gasteiger charge is -2.32. The Hall–Kier alpha value is -0.885. The highest BCUT2D eigenvalue weighted by Gasteiger charge is 2.52. The maximum Gasteiger partial charge on any atom is 0.498 e. The van der Waals surface area contributed by atoms with Gasteiger partial charge in [0.2, 0.25) is 0 Å². The minimum Gasteiger partial charge on any atom is -0.399 e. The average molecular weight is 306 g/mol. The fourth-order valence-corrected chi connectivity index (χ4v) is 2.78. The Morgan fingerprint density at radius 1 is 1.14 bits per heavy atom. The molecule has 3 rings (SSSR count). The van der Waals surface area contributed by atoms with Crippen molar-refractivity contribution >= 4 is 12.6 Å². The third-order valence-corrected chi connectivity index (χ3v) is 5.03. The van der Waals surface area contributed by atoms with Crippen LogP contribution in [0.2, 0.25) is 0 Å². The van der Waals surface area contributed by atoms with Crippen molar-refractivity contribution in [2.45, 2.75) is 45.4 Å². The van der Waals surface area contributed by atoms with Gasteiger partial charge in [-0.05, 0) is 27.7 Å². The van der Waals surface area contributed by atoms with Crippen molar-refractivity contribution in [3.63, 3.8) is 0 Å². The smallest absolute Gasteiger partial charge is 0.399 e. The van der Waals surface area contributed by atoms with E-state index in [2.05, 4.69) is 43.0 Å². The average Bonchev–Trinajstić information content (AvgIpc) is 3.01. The summed E-state index contributed by atoms with van der Waals surface area (Å²) in [5.74, 6) is 0. The maximum absolute atomic E-state index is 6.06. The summed E-state index contributed by atoms with van der Waals surface area (Å²) in [6.07, 6.45) is 3.91. The molecule has 1 aromatic heterocycles. The Morgan fingerprint density at radius 2 is 1.77 bits per heavy atom. The molecule has 0 aromatic carbocycles. The van der Waals surface area contributed by atoms with Crippen molar-refractivity contribution in [2.75, 3.05) is 32.7 Å². The Morgan fingerprint density at radius 3 is 2.41 bits per heavy atom. The first-order chi connectivity index (χ1) is 10.4. The standard InChI is InChI=1S/C15H27BN4O2/c1-14(2)15(3,4)22-16(21-14)13-11-18-20(12-13)10-9-19-7-5-17-6-8-19/h11-12,17H,5-10H2,1-4H3. The first-order valence-electron chi connectivity index (χ1n) is 8.18. The van der Waals surface area contributed by atoms with E-state index in [1.54, 1.807) is 0 Å². The van der Waals surface area contributed by atoms with Crippen molar-refractivity contribution in [3.05, 3.63) is 12.4 Å². The second-order valence-corrected chi connectivity index (χ2v) is 7.22. The van der Waals surface area contributed by atoms with Crippen LogP contribution < -0.4 is 10.8 Å². The monoisotopic (exact) mass is 306 g/mol. The van der Waals surface area contributed by atoms with E-state index in [-0.39, 0.29) is 18.3 Å². The van der Waals surface area contributed by atoms with Gasteiger partial charge in [-0.15, -0.1) is 0 Å². The highest BCUT2D eigenvalue weighted by atomic mass is 16.7.